The van der Waals surface area contributed by atoms with Crippen molar-refractivity contribution in [3.8, 4) is 11.7 Å². The fourth-order valence-corrected chi connectivity index (χ4v) is 3.30. The van der Waals surface area contributed by atoms with Crippen molar-refractivity contribution in [1.29, 1.82) is 0 Å². The number of aromatic nitrogens is 4. The summed E-state index contributed by atoms with van der Waals surface area (Å²) in [6.45, 7) is 3.38. The van der Waals surface area contributed by atoms with Crippen molar-refractivity contribution >= 4 is 5.91 Å². The highest BCUT2D eigenvalue weighted by Gasteiger charge is 2.25. The first-order valence-electron chi connectivity index (χ1n) is 9.60. The van der Waals surface area contributed by atoms with Crippen molar-refractivity contribution in [1.82, 2.24) is 24.6 Å². The van der Waals surface area contributed by atoms with Crippen LogP contribution < -0.4 is 4.74 Å². The van der Waals surface area contributed by atoms with Crippen molar-refractivity contribution in [3.63, 3.8) is 0 Å². The molecule has 7 heteroatoms. The van der Waals surface area contributed by atoms with Gasteiger partial charge in [-0.05, 0) is 36.2 Å². The molecule has 0 aliphatic carbocycles. The lowest BCUT2D eigenvalue weighted by atomic mass is 10.1. The third-order valence-corrected chi connectivity index (χ3v) is 4.95. The van der Waals surface area contributed by atoms with Crippen molar-refractivity contribution in [2.24, 2.45) is 0 Å². The number of nitrogens with zero attached hydrogens (tertiary/aromatic N) is 5. The molecule has 3 aromatic rings. The van der Waals surface area contributed by atoms with Gasteiger partial charge in [-0.3, -0.25) is 4.79 Å². The number of amides is 1. The molecule has 1 saturated heterocycles. The molecule has 4 rings (SSSR count). The average Bonchev–Trinajstić information content (AvgIpc) is 3.29. The van der Waals surface area contributed by atoms with Crippen LogP contribution >= 0.6 is 0 Å². The summed E-state index contributed by atoms with van der Waals surface area (Å²) in [4.78, 5) is 23.3. The fourth-order valence-electron chi connectivity index (χ4n) is 3.30. The molecule has 0 spiro atoms. The van der Waals surface area contributed by atoms with Gasteiger partial charge in [-0.2, -0.15) is 5.10 Å². The molecule has 7 nitrogen and oxygen atoms in total. The number of carbonyl (C=O) groups is 1. The molecule has 1 aliphatic heterocycles. The van der Waals surface area contributed by atoms with E-state index in [9.17, 15) is 4.79 Å². The quantitative estimate of drug-likeness (QED) is 0.684. The number of likely N-dealkylation sites (tertiary alicyclic amines) is 1. The molecule has 1 fully saturated rings. The van der Waals surface area contributed by atoms with Crippen LogP contribution in [0.25, 0.3) is 5.69 Å². The molecule has 1 amide bonds. The minimum atomic E-state index is 0.0342. The zero-order valence-corrected chi connectivity index (χ0v) is 15.9. The zero-order valence-electron chi connectivity index (χ0n) is 15.9. The predicted octanol–water partition coefficient (Wildman–Crippen LogP) is 2.91. The van der Waals surface area contributed by atoms with E-state index in [1.54, 1.807) is 23.3 Å². The Bertz CT molecular complexity index is 916. The maximum atomic E-state index is 12.9. The second kappa shape index (κ2) is 8.21. The van der Waals surface area contributed by atoms with Crippen LogP contribution in [0.1, 0.15) is 35.7 Å². The van der Waals surface area contributed by atoms with E-state index in [1.165, 1.54) is 0 Å². The van der Waals surface area contributed by atoms with Crippen molar-refractivity contribution in [2.45, 2.75) is 32.3 Å². The van der Waals surface area contributed by atoms with E-state index in [2.05, 4.69) is 22.0 Å². The van der Waals surface area contributed by atoms with Gasteiger partial charge in [-0.1, -0.05) is 13.0 Å². The summed E-state index contributed by atoms with van der Waals surface area (Å²) in [5.74, 6) is 0.0380. The molecule has 144 valence electrons. The normalized spacial score (nSPS) is 14.8. The number of benzene rings is 1. The Balaban J connectivity index is 1.35. The lowest BCUT2D eigenvalue weighted by Gasteiger charge is -2.31. The third kappa shape index (κ3) is 4.03. The smallest absolute Gasteiger partial charge is 0.316 e. The maximum Gasteiger partial charge on any atom is 0.316 e. The van der Waals surface area contributed by atoms with Crippen LogP contribution in [0, 0.1) is 0 Å². The lowest BCUT2D eigenvalue weighted by Crippen LogP contribution is -2.42. The van der Waals surface area contributed by atoms with Gasteiger partial charge in [-0.25, -0.2) is 14.6 Å². The number of aryl methyl sites for hydroxylation is 1. The highest BCUT2D eigenvalue weighted by molar-refractivity contribution is 5.94. The summed E-state index contributed by atoms with van der Waals surface area (Å²) >= 11 is 0. The molecule has 0 saturated carbocycles. The topological polar surface area (TPSA) is 73.1 Å². The standard InChI is InChI=1S/C21H23N5O2/c1-2-16-14-22-21(23-15-16)28-19-7-11-25(12-8-19)20(27)17-5-3-6-18(13-17)26-10-4-9-24-26/h3-6,9-10,13-15,19H,2,7-8,11-12H2,1H3. The van der Waals surface area contributed by atoms with Gasteiger partial charge < -0.3 is 9.64 Å². The van der Waals surface area contributed by atoms with Crippen LogP contribution in [0.2, 0.25) is 0 Å². The van der Waals surface area contributed by atoms with E-state index in [1.807, 2.05) is 41.4 Å². The summed E-state index contributed by atoms with van der Waals surface area (Å²) in [6.07, 6.45) is 9.66. The molecule has 0 radical (unpaired) electrons. The maximum absolute atomic E-state index is 12.9. The molecule has 28 heavy (non-hydrogen) atoms. The van der Waals surface area contributed by atoms with Crippen LogP contribution in [-0.4, -0.2) is 49.7 Å². The Morgan fingerprint density at radius 3 is 2.64 bits per heavy atom. The van der Waals surface area contributed by atoms with Gasteiger partial charge in [0, 0.05) is 56.3 Å². The third-order valence-electron chi connectivity index (χ3n) is 4.95. The van der Waals surface area contributed by atoms with Gasteiger partial charge in [0.25, 0.3) is 5.91 Å². The Hall–Kier alpha value is -3.22. The van der Waals surface area contributed by atoms with Crippen LogP contribution in [-0.2, 0) is 6.42 Å². The number of piperidine rings is 1. The monoisotopic (exact) mass is 377 g/mol. The van der Waals surface area contributed by atoms with Crippen LogP contribution in [0.15, 0.2) is 55.1 Å². The summed E-state index contributed by atoms with van der Waals surface area (Å²) < 4.78 is 7.64. The van der Waals surface area contributed by atoms with Crippen LogP contribution in [0.4, 0.5) is 0 Å². The highest BCUT2D eigenvalue weighted by Crippen LogP contribution is 2.19. The Morgan fingerprint density at radius 2 is 1.96 bits per heavy atom. The van der Waals surface area contributed by atoms with Gasteiger partial charge in [-0.15, -0.1) is 0 Å². The molecule has 0 atom stereocenters. The second-order valence-corrected chi connectivity index (χ2v) is 6.84. The zero-order chi connectivity index (χ0) is 19.3. The summed E-state index contributed by atoms with van der Waals surface area (Å²) in [7, 11) is 0. The number of hydrogen-bond acceptors (Lipinski definition) is 5. The molecule has 1 aliphatic rings. The largest absolute Gasteiger partial charge is 0.460 e. The molecule has 0 bridgehead atoms. The van der Waals surface area contributed by atoms with E-state index in [0.29, 0.717) is 24.7 Å². The molecule has 0 N–H and O–H groups in total. The number of rotatable bonds is 5. The molecular weight excluding hydrogens is 354 g/mol. The summed E-state index contributed by atoms with van der Waals surface area (Å²) in [5, 5.41) is 4.22. The summed E-state index contributed by atoms with van der Waals surface area (Å²) in [6, 6.07) is 9.82. The van der Waals surface area contributed by atoms with Gasteiger partial charge in [0.15, 0.2) is 0 Å². The van der Waals surface area contributed by atoms with Crippen molar-refractivity contribution in [2.75, 3.05) is 13.1 Å². The predicted molar refractivity (Wildman–Crippen MR) is 105 cm³/mol. The molecule has 0 unspecified atom stereocenters. The van der Waals surface area contributed by atoms with Crippen molar-refractivity contribution in [3.05, 3.63) is 66.2 Å². The molecule has 2 aromatic heterocycles. The van der Waals surface area contributed by atoms with Crippen LogP contribution in [0.5, 0.6) is 6.01 Å². The minimum Gasteiger partial charge on any atom is -0.460 e. The van der Waals surface area contributed by atoms with E-state index < -0.39 is 0 Å². The number of ether oxygens (including phenoxy) is 1. The fraction of sp³-hybridized carbons (Fsp3) is 0.333. The number of carbonyl (C=O) groups excluding carboxylic acids is 1. The van der Waals surface area contributed by atoms with Gasteiger partial charge in [0.1, 0.15) is 6.10 Å². The lowest BCUT2D eigenvalue weighted by molar-refractivity contribution is 0.0578. The van der Waals surface area contributed by atoms with E-state index in [4.69, 9.17) is 4.74 Å². The molecule has 1 aromatic carbocycles. The Morgan fingerprint density at radius 1 is 1.18 bits per heavy atom. The van der Waals surface area contributed by atoms with E-state index in [0.717, 1.165) is 30.5 Å². The Labute approximate surface area is 164 Å². The van der Waals surface area contributed by atoms with Crippen LogP contribution in [0.3, 0.4) is 0 Å². The summed E-state index contributed by atoms with van der Waals surface area (Å²) in [5.41, 5.74) is 2.64. The van der Waals surface area contributed by atoms with E-state index >= 15 is 0 Å². The highest BCUT2D eigenvalue weighted by atomic mass is 16.5. The minimum absolute atomic E-state index is 0.0342. The SMILES string of the molecule is CCc1cnc(OC2CCN(C(=O)c3cccc(-n4cccn4)c3)CC2)nc1. The van der Waals surface area contributed by atoms with Gasteiger partial charge in [0.05, 0.1) is 5.69 Å². The van der Waals surface area contributed by atoms with E-state index in [-0.39, 0.29) is 12.0 Å². The Kier molecular flexibility index (Phi) is 5.32. The first-order valence-corrected chi connectivity index (χ1v) is 9.60. The van der Waals surface area contributed by atoms with Gasteiger partial charge in [0.2, 0.25) is 0 Å². The second-order valence-electron chi connectivity index (χ2n) is 6.84. The first kappa shape index (κ1) is 18.2. The number of hydrogen-bond donors (Lipinski definition) is 0. The molecule has 3 heterocycles. The van der Waals surface area contributed by atoms with Crippen molar-refractivity contribution < 1.29 is 9.53 Å². The van der Waals surface area contributed by atoms with Gasteiger partial charge >= 0.3 is 6.01 Å². The average molecular weight is 377 g/mol. The molecular formula is C21H23N5O2. The first-order chi connectivity index (χ1) is 13.7.